The maximum absolute atomic E-state index is 10.9. The summed E-state index contributed by atoms with van der Waals surface area (Å²) < 4.78 is 1.50. The maximum Gasteiger partial charge on any atom is 0.337 e. The first-order valence-corrected chi connectivity index (χ1v) is 4.87. The molecule has 0 spiro atoms. The average Bonchev–Trinajstić information content (AvgIpc) is 2.65. The number of aryl methyl sites for hydroxylation is 1. The average molecular weight is 238 g/mol. The zero-order valence-corrected chi connectivity index (χ0v) is 9.14. The molecule has 16 heavy (non-hydrogen) atoms. The summed E-state index contributed by atoms with van der Waals surface area (Å²) in [6.45, 7) is 1.84. The van der Waals surface area contributed by atoms with Gasteiger partial charge in [0.2, 0.25) is 0 Å². The second-order valence-electron chi connectivity index (χ2n) is 3.23. The van der Waals surface area contributed by atoms with Crippen LogP contribution in [0.2, 0.25) is 5.02 Å². The van der Waals surface area contributed by atoms with Gasteiger partial charge in [0.05, 0.1) is 16.3 Å². The molecule has 82 valence electrons. The lowest BCUT2D eigenvalue weighted by molar-refractivity contribution is 0.0697. The van der Waals surface area contributed by atoms with Crippen molar-refractivity contribution in [3.63, 3.8) is 0 Å². The van der Waals surface area contributed by atoms with Crippen molar-refractivity contribution in [1.29, 1.82) is 0 Å². The van der Waals surface area contributed by atoms with Crippen molar-refractivity contribution in [2.45, 2.75) is 6.92 Å². The quantitative estimate of drug-likeness (QED) is 0.867. The lowest BCUT2D eigenvalue weighted by Gasteiger charge is -2.03. The van der Waals surface area contributed by atoms with E-state index in [4.69, 9.17) is 16.7 Å². The lowest BCUT2D eigenvalue weighted by Crippen LogP contribution is -2.04. The van der Waals surface area contributed by atoms with Crippen LogP contribution in [0.15, 0.2) is 24.5 Å². The van der Waals surface area contributed by atoms with Crippen molar-refractivity contribution in [1.82, 2.24) is 14.8 Å². The minimum Gasteiger partial charge on any atom is -0.478 e. The van der Waals surface area contributed by atoms with Crippen molar-refractivity contribution >= 4 is 17.6 Å². The molecule has 0 amide bonds. The number of carboxylic acids is 1. The van der Waals surface area contributed by atoms with Gasteiger partial charge < -0.3 is 5.11 Å². The fourth-order valence-corrected chi connectivity index (χ4v) is 1.44. The highest BCUT2D eigenvalue weighted by atomic mass is 35.5. The smallest absolute Gasteiger partial charge is 0.337 e. The molecular formula is C10H8ClN3O2. The van der Waals surface area contributed by atoms with Crippen LogP contribution in [0, 0.1) is 6.92 Å². The summed E-state index contributed by atoms with van der Waals surface area (Å²) in [5.41, 5.74) is 0.841. The van der Waals surface area contributed by atoms with Crippen LogP contribution < -0.4 is 0 Å². The largest absolute Gasteiger partial charge is 0.478 e. The molecule has 2 rings (SSSR count). The molecule has 0 bridgehead atoms. The lowest BCUT2D eigenvalue weighted by atomic mass is 10.2. The van der Waals surface area contributed by atoms with Gasteiger partial charge in [-0.15, -0.1) is 0 Å². The molecule has 0 aromatic carbocycles. The van der Waals surface area contributed by atoms with Gasteiger partial charge in [0.15, 0.2) is 5.82 Å². The normalized spacial score (nSPS) is 10.4. The van der Waals surface area contributed by atoms with Crippen molar-refractivity contribution < 1.29 is 9.90 Å². The second kappa shape index (κ2) is 3.94. The number of hydrogen-bond donors (Lipinski definition) is 1. The molecule has 0 fully saturated rings. The molecule has 0 atom stereocenters. The SMILES string of the molecule is Cc1ccn(-c2cc(C(=O)O)c(Cl)cn2)n1. The van der Waals surface area contributed by atoms with E-state index in [1.54, 1.807) is 12.3 Å². The fraction of sp³-hybridized carbons (Fsp3) is 0.100. The Labute approximate surface area is 96.3 Å². The number of halogens is 1. The van der Waals surface area contributed by atoms with Gasteiger partial charge in [-0.25, -0.2) is 14.5 Å². The fourth-order valence-electron chi connectivity index (χ4n) is 1.26. The third-order valence-corrected chi connectivity index (χ3v) is 2.33. The molecule has 1 N–H and O–H groups in total. The molecular weight excluding hydrogens is 230 g/mol. The summed E-state index contributed by atoms with van der Waals surface area (Å²) in [6, 6.07) is 3.19. The maximum atomic E-state index is 10.9. The van der Waals surface area contributed by atoms with Crippen LogP contribution in [-0.4, -0.2) is 25.8 Å². The molecule has 0 aliphatic heterocycles. The number of aromatic carboxylic acids is 1. The van der Waals surface area contributed by atoms with Gasteiger partial charge >= 0.3 is 5.97 Å². The van der Waals surface area contributed by atoms with Crippen LogP contribution in [-0.2, 0) is 0 Å². The predicted octanol–water partition coefficient (Wildman–Crippen LogP) is 1.93. The van der Waals surface area contributed by atoms with E-state index in [2.05, 4.69) is 10.1 Å². The molecule has 0 aliphatic carbocycles. The molecule has 6 heteroatoms. The summed E-state index contributed by atoms with van der Waals surface area (Å²) in [4.78, 5) is 14.9. The number of carboxylic acid groups (broad SMARTS) is 1. The second-order valence-corrected chi connectivity index (χ2v) is 3.64. The third kappa shape index (κ3) is 1.90. The summed E-state index contributed by atoms with van der Waals surface area (Å²) in [7, 11) is 0. The van der Waals surface area contributed by atoms with Gasteiger partial charge in [0.1, 0.15) is 0 Å². The molecule has 5 nitrogen and oxygen atoms in total. The Balaban J connectivity index is 2.51. The van der Waals surface area contributed by atoms with Gasteiger partial charge in [-0.2, -0.15) is 5.10 Å². The van der Waals surface area contributed by atoms with Gasteiger partial charge in [-0.1, -0.05) is 11.6 Å². The van der Waals surface area contributed by atoms with E-state index in [1.165, 1.54) is 16.9 Å². The first kappa shape index (κ1) is 10.6. The number of rotatable bonds is 2. The summed E-state index contributed by atoms with van der Waals surface area (Å²) in [5.74, 6) is -0.660. The molecule has 0 radical (unpaired) electrons. The molecule has 0 saturated heterocycles. The zero-order valence-electron chi connectivity index (χ0n) is 8.38. The molecule has 0 aliphatic rings. The number of aromatic nitrogens is 3. The Morgan fingerprint density at radius 3 is 2.88 bits per heavy atom. The summed E-state index contributed by atoms with van der Waals surface area (Å²) in [5, 5.41) is 13.1. The van der Waals surface area contributed by atoms with Crippen LogP contribution >= 0.6 is 11.6 Å². The number of carbonyl (C=O) groups is 1. The number of pyridine rings is 1. The van der Waals surface area contributed by atoms with Crippen LogP contribution in [0.1, 0.15) is 16.1 Å². The highest BCUT2D eigenvalue weighted by Gasteiger charge is 2.11. The van der Waals surface area contributed by atoms with Crippen LogP contribution in [0.4, 0.5) is 0 Å². The Hall–Kier alpha value is -1.88. The topological polar surface area (TPSA) is 68.0 Å². The van der Waals surface area contributed by atoms with Crippen LogP contribution in [0.5, 0.6) is 0 Å². The van der Waals surface area contributed by atoms with Crippen molar-refractivity contribution in [3.8, 4) is 5.82 Å². The summed E-state index contributed by atoms with van der Waals surface area (Å²) >= 11 is 5.71. The molecule has 2 aromatic rings. The van der Waals surface area contributed by atoms with Crippen LogP contribution in [0.3, 0.4) is 0 Å². The number of hydrogen-bond acceptors (Lipinski definition) is 3. The third-order valence-electron chi connectivity index (χ3n) is 2.03. The van der Waals surface area contributed by atoms with Gasteiger partial charge in [-0.3, -0.25) is 0 Å². The van der Waals surface area contributed by atoms with E-state index in [-0.39, 0.29) is 10.6 Å². The predicted molar refractivity (Wildman–Crippen MR) is 58.1 cm³/mol. The van der Waals surface area contributed by atoms with E-state index in [1.807, 2.05) is 6.92 Å². The molecule has 2 heterocycles. The Morgan fingerprint density at radius 1 is 1.56 bits per heavy atom. The van der Waals surface area contributed by atoms with Crippen molar-refractivity contribution in [2.75, 3.05) is 0 Å². The highest BCUT2D eigenvalue weighted by Crippen LogP contribution is 2.17. The standard InChI is InChI=1S/C10H8ClN3O2/c1-6-2-3-14(13-6)9-4-7(10(15)16)8(11)5-12-9/h2-5H,1H3,(H,15,16). The molecule has 0 unspecified atom stereocenters. The first-order valence-electron chi connectivity index (χ1n) is 4.49. The zero-order chi connectivity index (χ0) is 11.7. The molecule has 0 saturated carbocycles. The minimum atomic E-state index is -1.09. The number of nitrogens with zero attached hydrogens (tertiary/aromatic N) is 3. The van der Waals surface area contributed by atoms with E-state index in [9.17, 15) is 4.79 Å². The first-order chi connectivity index (χ1) is 7.58. The monoisotopic (exact) mass is 237 g/mol. The van der Waals surface area contributed by atoms with Gasteiger partial charge in [0.25, 0.3) is 0 Å². The van der Waals surface area contributed by atoms with E-state index in [0.29, 0.717) is 5.82 Å². The van der Waals surface area contributed by atoms with E-state index < -0.39 is 5.97 Å². The van der Waals surface area contributed by atoms with E-state index >= 15 is 0 Å². The Morgan fingerprint density at radius 2 is 2.31 bits per heavy atom. The highest BCUT2D eigenvalue weighted by molar-refractivity contribution is 6.33. The van der Waals surface area contributed by atoms with Crippen LogP contribution in [0.25, 0.3) is 5.82 Å². The summed E-state index contributed by atoms with van der Waals surface area (Å²) in [6.07, 6.45) is 3.01. The molecule has 2 aromatic heterocycles. The Bertz CT molecular complexity index is 551. The van der Waals surface area contributed by atoms with Crippen molar-refractivity contribution in [2.24, 2.45) is 0 Å². The van der Waals surface area contributed by atoms with E-state index in [0.717, 1.165) is 5.69 Å². The van der Waals surface area contributed by atoms with Gasteiger partial charge in [0, 0.05) is 12.4 Å². The van der Waals surface area contributed by atoms with Gasteiger partial charge in [-0.05, 0) is 19.1 Å². The van der Waals surface area contributed by atoms with Crippen molar-refractivity contribution in [3.05, 3.63) is 40.8 Å². The minimum absolute atomic E-state index is 0.0137. The Kier molecular flexibility index (Phi) is 2.62.